The van der Waals surface area contributed by atoms with Crippen molar-refractivity contribution in [2.75, 3.05) is 12.4 Å². The van der Waals surface area contributed by atoms with E-state index < -0.39 is 0 Å². The number of halogens is 3. The smallest absolute Gasteiger partial charge is 0.259 e. The number of anilines is 1. The highest BCUT2D eigenvalue weighted by Crippen LogP contribution is 2.45. The maximum absolute atomic E-state index is 13.5. The Balaban J connectivity index is 1.71. The van der Waals surface area contributed by atoms with Crippen molar-refractivity contribution in [3.8, 4) is 5.75 Å². The zero-order valence-corrected chi connectivity index (χ0v) is 25.9. The van der Waals surface area contributed by atoms with Crippen molar-refractivity contribution < 1.29 is 9.53 Å². The topological polar surface area (TPSA) is 50.7 Å². The SMILES string of the molecule is COc1c(I)cc(C=Nc2sc3c(c2C(=O)Nc2ccc(Cl)cc2)CC[C@@H](C(C)(C)C)C3)cc1I. The number of methoxy groups -OCH3 is 1. The lowest BCUT2D eigenvalue weighted by Crippen LogP contribution is -2.27. The molecular weight excluding hydrogens is 706 g/mol. The third-order valence-electron chi connectivity index (χ3n) is 6.36. The van der Waals surface area contributed by atoms with Gasteiger partial charge in [0.2, 0.25) is 0 Å². The molecule has 4 nitrogen and oxygen atoms in total. The van der Waals surface area contributed by atoms with E-state index in [0.29, 0.717) is 16.5 Å². The van der Waals surface area contributed by atoms with E-state index in [2.05, 4.69) is 71.3 Å². The Morgan fingerprint density at radius 1 is 1.20 bits per heavy atom. The lowest BCUT2D eigenvalue weighted by molar-refractivity contribution is 0.102. The van der Waals surface area contributed by atoms with Crippen molar-refractivity contribution in [3.63, 3.8) is 0 Å². The predicted octanol–water partition coefficient (Wildman–Crippen LogP) is 8.77. The third-order valence-corrected chi connectivity index (χ3v) is 9.37. The number of benzene rings is 2. The summed E-state index contributed by atoms with van der Waals surface area (Å²) in [6, 6.07) is 11.3. The lowest BCUT2D eigenvalue weighted by Gasteiger charge is -2.33. The van der Waals surface area contributed by atoms with E-state index in [1.807, 2.05) is 30.5 Å². The van der Waals surface area contributed by atoms with Crippen LogP contribution in [0.25, 0.3) is 0 Å². The van der Waals surface area contributed by atoms with E-state index in [9.17, 15) is 4.79 Å². The second-order valence-electron chi connectivity index (χ2n) is 9.73. The molecule has 8 heteroatoms. The fourth-order valence-corrected chi connectivity index (χ4v) is 8.00. The van der Waals surface area contributed by atoms with Crippen molar-refractivity contribution in [2.45, 2.75) is 40.0 Å². The maximum atomic E-state index is 13.5. The summed E-state index contributed by atoms with van der Waals surface area (Å²) in [4.78, 5) is 19.6. The Morgan fingerprint density at radius 2 is 1.86 bits per heavy atom. The van der Waals surface area contributed by atoms with Gasteiger partial charge in [-0.1, -0.05) is 32.4 Å². The molecule has 0 fully saturated rings. The summed E-state index contributed by atoms with van der Waals surface area (Å²) in [6.45, 7) is 6.91. The lowest BCUT2D eigenvalue weighted by atomic mass is 9.72. The molecule has 0 saturated carbocycles. The van der Waals surface area contributed by atoms with E-state index in [4.69, 9.17) is 21.3 Å². The molecule has 1 atom stereocenters. The van der Waals surface area contributed by atoms with Gasteiger partial charge in [-0.05, 0) is 123 Å². The summed E-state index contributed by atoms with van der Waals surface area (Å²) in [7, 11) is 1.68. The van der Waals surface area contributed by atoms with Crippen LogP contribution >= 0.6 is 68.1 Å². The van der Waals surface area contributed by atoms with Gasteiger partial charge in [0.1, 0.15) is 10.8 Å². The minimum absolute atomic E-state index is 0.120. The van der Waals surface area contributed by atoms with Crippen LogP contribution in [0.3, 0.4) is 0 Å². The summed E-state index contributed by atoms with van der Waals surface area (Å²) < 4.78 is 7.53. The Labute approximate surface area is 243 Å². The van der Waals surface area contributed by atoms with Crippen LogP contribution in [0.5, 0.6) is 5.75 Å². The second kappa shape index (κ2) is 11.1. The van der Waals surface area contributed by atoms with Gasteiger partial charge in [-0.25, -0.2) is 4.99 Å². The molecule has 1 N–H and O–H groups in total. The molecule has 1 aromatic heterocycles. The van der Waals surface area contributed by atoms with E-state index in [1.54, 1.807) is 30.6 Å². The van der Waals surface area contributed by atoms with Crippen LogP contribution in [0.4, 0.5) is 10.7 Å². The van der Waals surface area contributed by atoms with Gasteiger partial charge < -0.3 is 10.1 Å². The average molecular weight is 733 g/mol. The van der Waals surface area contributed by atoms with Crippen molar-refractivity contribution in [3.05, 3.63) is 70.1 Å². The van der Waals surface area contributed by atoms with Crippen LogP contribution in [0, 0.1) is 18.5 Å². The first-order chi connectivity index (χ1) is 16.6. The number of amides is 1. The number of fused-ring (bicyclic) bond motifs is 1. The summed E-state index contributed by atoms with van der Waals surface area (Å²) in [5.74, 6) is 1.33. The fraction of sp³-hybridized carbons (Fsp3) is 0.333. The number of rotatable bonds is 5. The highest BCUT2D eigenvalue weighted by Gasteiger charge is 2.33. The molecule has 0 unspecified atom stereocenters. The zero-order valence-electron chi connectivity index (χ0n) is 20.0. The maximum Gasteiger partial charge on any atom is 0.259 e. The first-order valence-electron chi connectivity index (χ1n) is 11.4. The zero-order chi connectivity index (χ0) is 25.3. The molecule has 184 valence electrons. The minimum Gasteiger partial charge on any atom is -0.495 e. The number of hydrogen-bond acceptors (Lipinski definition) is 4. The minimum atomic E-state index is -0.120. The van der Waals surface area contributed by atoms with Gasteiger partial charge in [0.15, 0.2) is 0 Å². The van der Waals surface area contributed by atoms with Crippen molar-refractivity contribution in [1.29, 1.82) is 0 Å². The first-order valence-corrected chi connectivity index (χ1v) is 14.7. The van der Waals surface area contributed by atoms with Gasteiger partial charge in [0, 0.05) is 21.8 Å². The Morgan fingerprint density at radius 3 is 2.46 bits per heavy atom. The van der Waals surface area contributed by atoms with Crippen molar-refractivity contribution in [2.24, 2.45) is 16.3 Å². The molecule has 35 heavy (non-hydrogen) atoms. The molecule has 0 spiro atoms. The number of ether oxygens (including phenoxy) is 1. The molecule has 0 aliphatic heterocycles. The standard InChI is InChI=1S/C27H27ClI2N2O2S/c1-27(2,3)16-5-10-19-22(13-16)35-26(23(19)25(33)32-18-8-6-17(28)7-9-18)31-14-15-11-20(29)24(34-4)21(30)12-15/h6-9,11-12,14,16H,5,10,13H2,1-4H3,(H,32,33)/t16-/m1/s1. The molecular formula is C27H27ClI2N2O2S. The average Bonchev–Trinajstić information content (AvgIpc) is 3.16. The van der Waals surface area contributed by atoms with Gasteiger partial charge in [-0.3, -0.25) is 4.79 Å². The molecule has 3 aromatic rings. The van der Waals surface area contributed by atoms with Crippen LogP contribution in [0.2, 0.25) is 5.02 Å². The molecule has 0 radical (unpaired) electrons. The largest absolute Gasteiger partial charge is 0.495 e. The van der Waals surface area contributed by atoms with Crippen LogP contribution in [-0.2, 0) is 12.8 Å². The molecule has 1 aliphatic carbocycles. The Hall–Kier alpha value is -1.17. The summed E-state index contributed by atoms with van der Waals surface area (Å²) in [5.41, 5.74) is 3.77. The van der Waals surface area contributed by atoms with Crippen molar-refractivity contribution >= 4 is 90.9 Å². The predicted molar refractivity (Wildman–Crippen MR) is 164 cm³/mol. The number of thiophene rings is 1. The number of carbonyl (C=O) groups is 1. The van der Waals surface area contributed by atoms with E-state index in [-0.39, 0.29) is 11.3 Å². The van der Waals surface area contributed by atoms with Crippen LogP contribution in [0.15, 0.2) is 41.4 Å². The van der Waals surface area contributed by atoms with Crippen LogP contribution < -0.4 is 10.1 Å². The Kier molecular flexibility index (Phi) is 8.50. The monoisotopic (exact) mass is 732 g/mol. The fourth-order valence-electron chi connectivity index (χ4n) is 4.34. The van der Waals surface area contributed by atoms with Crippen molar-refractivity contribution in [1.82, 2.24) is 0 Å². The van der Waals surface area contributed by atoms with Gasteiger partial charge >= 0.3 is 0 Å². The quantitative estimate of drug-likeness (QED) is 0.211. The molecule has 1 aliphatic rings. The van der Waals surface area contributed by atoms with E-state index in [0.717, 1.165) is 54.0 Å². The molecule has 2 aromatic carbocycles. The molecule has 4 rings (SSSR count). The number of nitrogens with one attached hydrogen (secondary N) is 1. The normalized spacial score (nSPS) is 15.8. The first kappa shape index (κ1) is 26.9. The molecule has 0 saturated heterocycles. The number of carbonyl (C=O) groups excluding carboxylic acids is 1. The Bertz CT molecular complexity index is 1260. The summed E-state index contributed by atoms with van der Waals surface area (Å²) >= 11 is 12.2. The molecule has 1 amide bonds. The van der Waals surface area contributed by atoms with E-state index in [1.165, 1.54) is 4.88 Å². The van der Waals surface area contributed by atoms with Gasteiger partial charge in [-0.2, -0.15) is 0 Å². The highest BCUT2D eigenvalue weighted by atomic mass is 127. The number of nitrogens with zero attached hydrogens (tertiary/aromatic N) is 1. The summed E-state index contributed by atoms with van der Waals surface area (Å²) in [5, 5.41) is 4.45. The van der Waals surface area contributed by atoms with Crippen LogP contribution in [-0.4, -0.2) is 19.2 Å². The van der Waals surface area contributed by atoms with E-state index >= 15 is 0 Å². The molecule has 0 bridgehead atoms. The molecule has 1 heterocycles. The number of hydrogen-bond donors (Lipinski definition) is 1. The highest BCUT2D eigenvalue weighted by molar-refractivity contribution is 14.1. The van der Waals surface area contributed by atoms with Crippen LogP contribution in [0.1, 0.15) is 53.6 Å². The van der Waals surface area contributed by atoms with Gasteiger partial charge in [0.05, 0.1) is 19.8 Å². The van der Waals surface area contributed by atoms with Gasteiger partial charge in [-0.15, -0.1) is 11.3 Å². The third kappa shape index (κ3) is 6.22. The van der Waals surface area contributed by atoms with Gasteiger partial charge in [0.25, 0.3) is 5.91 Å². The summed E-state index contributed by atoms with van der Waals surface area (Å²) in [6.07, 6.45) is 4.80. The number of aliphatic imine (C=N–C) groups is 1. The second-order valence-corrected chi connectivity index (χ2v) is 13.6.